The van der Waals surface area contributed by atoms with Gasteiger partial charge >= 0.3 is 199 Å². The third kappa shape index (κ3) is 5.70. The molecule has 0 saturated carbocycles. The molecule has 5 rings (SSSR count). The fraction of sp³-hybridized carbons (Fsp3) is 0.0357. The van der Waals surface area contributed by atoms with E-state index < -0.39 is 27.1 Å². The molecule has 4 aromatic rings. The average molecular weight is 581 g/mol. The first-order valence-electron chi connectivity index (χ1n) is 10.9. The van der Waals surface area contributed by atoms with Crippen LogP contribution in [0.3, 0.4) is 0 Å². The van der Waals surface area contributed by atoms with Crippen molar-refractivity contribution in [2.45, 2.75) is 3.63 Å². The minimum atomic E-state index is -2.64. The molecule has 1 aliphatic rings. The van der Waals surface area contributed by atoms with E-state index >= 15 is 0 Å². The Bertz CT molecular complexity index is 1200. The zero-order valence-electron chi connectivity index (χ0n) is 18.4. The Balaban J connectivity index is 0.00000162. The van der Waals surface area contributed by atoms with Gasteiger partial charge in [0.25, 0.3) is 0 Å². The van der Waals surface area contributed by atoms with Gasteiger partial charge < -0.3 is 24.8 Å². The number of rotatable bonds is 6. The van der Waals surface area contributed by atoms with Gasteiger partial charge in [-0.2, -0.15) is 0 Å². The summed E-state index contributed by atoms with van der Waals surface area (Å²) >= 11 is -2.64. The van der Waals surface area contributed by atoms with Crippen LogP contribution in [0.5, 0.6) is 0 Å². The van der Waals surface area contributed by atoms with Gasteiger partial charge in [0.15, 0.2) is 0 Å². The van der Waals surface area contributed by atoms with Crippen molar-refractivity contribution in [3.8, 4) is 0 Å². The van der Waals surface area contributed by atoms with Gasteiger partial charge in [0, 0.05) is 0 Å². The SMILES string of the molecule is O=C([NH][Zr+2]([CH]1C=Cc2ccccc21)[SiH](c1ccccc1)c1ccccc1)c1ccccc1.[Cl-].[Cl-]. The van der Waals surface area contributed by atoms with Crippen molar-refractivity contribution in [1.29, 1.82) is 0 Å². The van der Waals surface area contributed by atoms with Crippen LogP contribution < -0.4 is 38.4 Å². The molecule has 0 heterocycles. The molecule has 1 aliphatic carbocycles. The fourth-order valence-electron chi connectivity index (χ4n) is 4.49. The number of carbonyl (C=O) groups is 1. The zero-order chi connectivity index (χ0) is 21.8. The monoisotopic (exact) mass is 578 g/mol. The van der Waals surface area contributed by atoms with Crippen molar-refractivity contribution in [2.24, 2.45) is 0 Å². The maximum Gasteiger partial charge on any atom is -1.00 e. The third-order valence-corrected chi connectivity index (χ3v) is 25.4. The van der Waals surface area contributed by atoms with Gasteiger partial charge in [0.2, 0.25) is 0 Å². The minimum absolute atomic E-state index is 0. The maximum atomic E-state index is 13.4. The van der Waals surface area contributed by atoms with E-state index in [9.17, 15) is 4.79 Å². The van der Waals surface area contributed by atoms with Gasteiger partial charge in [-0.05, 0) is 0 Å². The van der Waals surface area contributed by atoms with Crippen molar-refractivity contribution in [3.63, 3.8) is 0 Å². The molecule has 4 aromatic carbocycles. The van der Waals surface area contributed by atoms with Crippen LogP contribution in [-0.4, -0.2) is 11.8 Å². The molecule has 169 valence electrons. The Morgan fingerprint density at radius 1 is 0.676 bits per heavy atom. The van der Waals surface area contributed by atoms with Crippen LogP contribution in [0.2, 0.25) is 0 Å². The van der Waals surface area contributed by atoms with Gasteiger partial charge in [0.05, 0.1) is 0 Å². The Labute approximate surface area is 222 Å². The predicted molar refractivity (Wildman–Crippen MR) is 131 cm³/mol. The number of carbonyl (C=O) groups excluding carboxylic acids is 1. The second-order valence-corrected chi connectivity index (χ2v) is 22.5. The van der Waals surface area contributed by atoms with E-state index in [0.29, 0.717) is 3.63 Å². The van der Waals surface area contributed by atoms with Crippen LogP contribution >= 0.6 is 0 Å². The Morgan fingerprint density at radius 3 is 1.76 bits per heavy atom. The van der Waals surface area contributed by atoms with E-state index in [-0.39, 0.29) is 30.7 Å². The number of allylic oxidation sites excluding steroid dienone is 1. The van der Waals surface area contributed by atoms with Crippen molar-refractivity contribution in [1.82, 2.24) is 3.26 Å². The molecule has 0 spiro atoms. The molecular formula is C28H24Cl2NOSiZr. The number of hydrogen-bond donors (Lipinski definition) is 1. The molecule has 0 aliphatic heterocycles. The molecular weight excluding hydrogens is 557 g/mol. The van der Waals surface area contributed by atoms with Gasteiger partial charge in [-0.3, -0.25) is 0 Å². The third-order valence-electron chi connectivity index (χ3n) is 6.01. The molecule has 1 unspecified atom stereocenters. The molecule has 2 nitrogen and oxygen atoms in total. The fourth-order valence-corrected chi connectivity index (χ4v) is 25.2. The second-order valence-electron chi connectivity index (χ2n) is 8.00. The van der Waals surface area contributed by atoms with Crippen LogP contribution in [-0.2, 0) is 21.2 Å². The summed E-state index contributed by atoms with van der Waals surface area (Å²) in [5.74, 6) is -1.57. The summed E-state index contributed by atoms with van der Waals surface area (Å²) in [6.45, 7) is 0. The molecule has 6 heteroatoms. The van der Waals surface area contributed by atoms with E-state index in [2.05, 4.69) is 100 Å². The molecule has 1 atom stereocenters. The first-order valence-corrected chi connectivity index (χ1v) is 19.5. The Hall–Kier alpha value is -2.23. The van der Waals surface area contributed by atoms with E-state index in [4.69, 9.17) is 0 Å². The van der Waals surface area contributed by atoms with Gasteiger partial charge in [0.1, 0.15) is 0 Å². The zero-order valence-corrected chi connectivity index (χ0v) is 23.6. The summed E-state index contributed by atoms with van der Waals surface area (Å²) < 4.78 is 4.01. The van der Waals surface area contributed by atoms with Crippen LogP contribution in [0.1, 0.15) is 25.1 Å². The molecule has 0 bridgehead atoms. The van der Waals surface area contributed by atoms with Crippen LogP contribution in [0.25, 0.3) is 6.08 Å². The molecule has 0 fully saturated rings. The Morgan fingerprint density at radius 2 is 1.18 bits per heavy atom. The second kappa shape index (κ2) is 12.5. The maximum absolute atomic E-state index is 13.4. The molecule has 1 N–H and O–H groups in total. The van der Waals surface area contributed by atoms with Crippen LogP contribution in [0.4, 0.5) is 0 Å². The van der Waals surface area contributed by atoms with Crippen molar-refractivity contribution < 1.29 is 50.8 Å². The van der Waals surface area contributed by atoms with E-state index in [0.717, 1.165) is 5.56 Å². The number of fused-ring (bicyclic) bond motifs is 1. The topological polar surface area (TPSA) is 29.1 Å². The number of nitrogens with one attached hydrogen (secondary N) is 1. The number of amides is 1. The number of halogens is 2. The van der Waals surface area contributed by atoms with Crippen LogP contribution in [0, 0.1) is 0 Å². The van der Waals surface area contributed by atoms with E-state index in [1.165, 1.54) is 21.5 Å². The van der Waals surface area contributed by atoms with E-state index in [1.54, 1.807) is 0 Å². The average Bonchev–Trinajstić information content (AvgIpc) is 3.29. The summed E-state index contributed by atoms with van der Waals surface area (Å²) in [5, 5.41) is 2.83. The standard InChI is InChI=1S/C12H11Si.C9H7.C7H7NO.2ClH.Zr/c1-3-7-11(8-4-1)13-12-9-5-2-6-10-12;1-2-5-9-7-3-6-8(9)4-1;8-7(9)6-4-2-1-3-5-6;;;/h1-10,13H;1-7H;1-5H,(H2,8,9);2*1H;/q;;;;;+3/p-3. The summed E-state index contributed by atoms with van der Waals surface area (Å²) in [6, 6.07) is 40.1. The minimum Gasteiger partial charge on any atom is -1.00 e. The first kappa shape index (κ1) is 26.4. The predicted octanol–water partition coefficient (Wildman–Crippen LogP) is -1.74. The Kier molecular flexibility index (Phi) is 9.67. The molecule has 1 amide bonds. The number of hydrogen-bond acceptors (Lipinski definition) is 1. The normalized spacial score (nSPS) is 13.4. The summed E-state index contributed by atoms with van der Waals surface area (Å²) in [7, 11) is 0. The smallest absolute Gasteiger partial charge is 1.00 e. The summed E-state index contributed by atoms with van der Waals surface area (Å²) in [4.78, 5) is 13.4. The number of benzene rings is 4. The summed E-state index contributed by atoms with van der Waals surface area (Å²) in [6.07, 6.45) is 4.60. The molecule has 0 saturated heterocycles. The molecule has 0 aromatic heterocycles. The quantitative estimate of drug-likeness (QED) is 0.270. The van der Waals surface area contributed by atoms with Crippen molar-refractivity contribution in [2.75, 3.05) is 0 Å². The summed E-state index contributed by atoms with van der Waals surface area (Å²) in [5.41, 5.74) is 3.41. The van der Waals surface area contributed by atoms with Gasteiger partial charge in [-0.15, -0.1) is 0 Å². The van der Waals surface area contributed by atoms with Crippen molar-refractivity contribution >= 4 is 28.3 Å². The van der Waals surface area contributed by atoms with Gasteiger partial charge in [-0.1, -0.05) is 0 Å². The van der Waals surface area contributed by atoms with Crippen molar-refractivity contribution in [3.05, 3.63) is 138 Å². The molecule has 34 heavy (non-hydrogen) atoms. The first-order chi connectivity index (χ1) is 15.8. The van der Waals surface area contributed by atoms with E-state index in [1.807, 2.05) is 30.3 Å². The molecule has 0 radical (unpaired) electrons. The van der Waals surface area contributed by atoms with Crippen LogP contribution in [0.15, 0.2) is 121 Å². The largest absolute Gasteiger partial charge is 1.00 e. The van der Waals surface area contributed by atoms with Gasteiger partial charge in [-0.25, -0.2) is 0 Å².